The van der Waals surface area contributed by atoms with Gasteiger partial charge in [0.1, 0.15) is 0 Å². The normalized spacial score (nSPS) is 10.7. The molecule has 1 N–H and O–H groups in total. The maximum Gasteiger partial charge on any atom is 0.169 e. The van der Waals surface area contributed by atoms with Gasteiger partial charge in [-0.15, -0.1) is 0 Å². The molecule has 0 saturated heterocycles. The molecule has 0 aliphatic heterocycles. The molecule has 2 rings (SSSR count). The predicted octanol–water partition coefficient (Wildman–Crippen LogP) is 3.56. The van der Waals surface area contributed by atoms with E-state index in [1.165, 1.54) is 11.1 Å². The van der Waals surface area contributed by atoms with E-state index in [9.17, 15) is 0 Å². The van der Waals surface area contributed by atoms with E-state index in [0.717, 1.165) is 44.1 Å². The zero-order chi connectivity index (χ0) is 17.9. The lowest BCUT2D eigenvalue weighted by Gasteiger charge is -2.27. The molecule has 2 aromatic rings. The smallest absolute Gasteiger partial charge is 0.169 e. The number of rotatable bonds is 9. The van der Waals surface area contributed by atoms with Crippen LogP contribution < -0.4 is 5.32 Å². The van der Waals surface area contributed by atoms with Crippen molar-refractivity contribution in [2.75, 3.05) is 33.7 Å². The molecule has 0 aliphatic carbocycles. The van der Waals surface area contributed by atoms with Crippen molar-refractivity contribution in [2.24, 2.45) is 0 Å². The third kappa shape index (κ3) is 7.67. The summed E-state index contributed by atoms with van der Waals surface area (Å²) in [5.41, 5.74) is 2.64. The summed E-state index contributed by atoms with van der Waals surface area (Å²) in [5.74, 6) is 0. The number of aryl methyl sites for hydroxylation is 1. The maximum absolute atomic E-state index is 5.65. The van der Waals surface area contributed by atoms with Crippen LogP contribution in [0.3, 0.4) is 0 Å². The number of likely N-dealkylation sites (N-methyl/N-ethyl adjacent to an activating group) is 1. The second kappa shape index (κ2) is 10.9. The summed E-state index contributed by atoms with van der Waals surface area (Å²) < 4.78 is 0. The zero-order valence-electron chi connectivity index (χ0n) is 15.3. The van der Waals surface area contributed by atoms with Crippen molar-refractivity contribution in [2.45, 2.75) is 19.4 Å². The van der Waals surface area contributed by atoms with Crippen LogP contribution in [0.1, 0.15) is 17.5 Å². The molecule has 0 unspecified atom stereocenters. The monoisotopic (exact) mass is 355 g/mol. The largest absolute Gasteiger partial charge is 0.358 e. The highest BCUT2D eigenvalue weighted by Gasteiger charge is 2.10. The van der Waals surface area contributed by atoms with Crippen LogP contribution in [0.25, 0.3) is 0 Å². The van der Waals surface area contributed by atoms with Gasteiger partial charge in [0.25, 0.3) is 0 Å². The molecule has 134 valence electrons. The van der Waals surface area contributed by atoms with Crippen LogP contribution in [-0.4, -0.2) is 48.6 Å². The summed E-state index contributed by atoms with van der Waals surface area (Å²) in [6.07, 6.45) is 2.19. The fourth-order valence-electron chi connectivity index (χ4n) is 2.64. The maximum atomic E-state index is 5.65. The Labute approximate surface area is 157 Å². The molecule has 25 heavy (non-hydrogen) atoms. The van der Waals surface area contributed by atoms with Gasteiger partial charge in [0, 0.05) is 26.2 Å². The number of thiocarbonyl (C=S) groups is 1. The second-order valence-electron chi connectivity index (χ2n) is 6.52. The molecule has 2 aromatic carbocycles. The van der Waals surface area contributed by atoms with E-state index in [-0.39, 0.29) is 0 Å². The third-order valence-electron chi connectivity index (χ3n) is 4.13. The van der Waals surface area contributed by atoms with E-state index in [1.807, 2.05) is 6.07 Å². The zero-order valence-corrected chi connectivity index (χ0v) is 16.1. The van der Waals surface area contributed by atoms with Gasteiger partial charge in [-0.05, 0) is 50.3 Å². The van der Waals surface area contributed by atoms with Gasteiger partial charge in [-0.2, -0.15) is 0 Å². The Bertz CT molecular complexity index is 614. The molecule has 0 fully saturated rings. The summed E-state index contributed by atoms with van der Waals surface area (Å²) in [6.45, 7) is 3.70. The lowest BCUT2D eigenvalue weighted by atomic mass is 10.1. The van der Waals surface area contributed by atoms with Gasteiger partial charge in [0.2, 0.25) is 0 Å². The van der Waals surface area contributed by atoms with Gasteiger partial charge in [-0.25, -0.2) is 0 Å². The van der Waals surface area contributed by atoms with E-state index < -0.39 is 0 Å². The van der Waals surface area contributed by atoms with E-state index in [0.29, 0.717) is 0 Å². The molecule has 4 heteroatoms. The number of nitrogens with one attached hydrogen (secondary N) is 1. The van der Waals surface area contributed by atoms with Crippen molar-refractivity contribution in [1.29, 1.82) is 0 Å². The van der Waals surface area contributed by atoms with Gasteiger partial charge in [-0.3, -0.25) is 0 Å². The molecule has 0 atom stereocenters. The van der Waals surface area contributed by atoms with Crippen molar-refractivity contribution in [3.05, 3.63) is 71.8 Å². The van der Waals surface area contributed by atoms with Gasteiger partial charge >= 0.3 is 0 Å². The minimum Gasteiger partial charge on any atom is -0.358 e. The van der Waals surface area contributed by atoms with Crippen molar-refractivity contribution in [3.8, 4) is 0 Å². The molecule has 0 spiro atoms. The molecule has 0 aliphatic rings. The Kier molecular flexibility index (Phi) is 8.43. The number of hydrogen-bond donors (Lipinski definition) is 1. The average molecular weight is 356 g/mol. The van der Waals surface area contributed by atoms with Crippen LogP contribution in [0.4, 0.5) is 0 Å². The van der Waals surface area contributed by atoms with E-state index in [1.54, 1.807) is 0 Å². The minimum absolute atomic E-state index is 0.775. The highest BCUT2D eigenvalue weighted by molar-refractivity contribution is 7.80. The first kappa shape index (κ1) is 19.4. The molecular formula is C21H29N3S. The molecule has 0 saturated carbocycles. The standard InChI is InChI=1S/C21H29N3S/c1-23(2)16-17-24(15-9-14-19-10-5-3-6-11-19)21(25)22-18-20-12-7-4-8-13-20/h3-8,10-13H,9,14-18H2,1-2H3,(H,22,25). The van der Waals surface area contributed by atoms with Crippen molar-refractivity contribution >= 4 is 17.3 Å². The fourth-order valence-corrected chi connectivity index (χ4v) is 2.89. The molecule has 0 radical (unpaired) electrons. The molecule has 0 heterocycles. The lowest BCUT2D eigenvalue weighted by Crippen LogP contribution is -2.43. The fraction of sp³-hybridized carbons (Fsp3) is 0.381. The van der Waals surface area contributed by atoms with Crippen molar-refractivity contribution in [3.63, 3.8) is 0 Å². The third-order valence-corrected chi connectivity index (χ3v) is 4.53. The highest BCUT2D eigenvalue weighted by atomic mass is 32.1. The first-order chi connectivity index (χ1) is 12.1. The Morgan fingerprint density at radius 3 is 2.04 bits per heavy atom. The highest BCUT2D eigenvalue weighted by Crippen LogP contribution is 2.05. The van der Waals surface area contributed by atoms with Crippen LogP contribution in [0.5, 0.6) is 0 Å². The molecule has 3 nitrogen and oxygen atoms in total. The van der Waals surface area contributed by atoms with Gasteiger partial charge in [-0.1, -0.05) is 60.7 Å². The average Bonchev–Trinajstić information content (AvgIpc) is 2.64. The van der Waals surface area contributed by atoms with Gasteiger partial charge in [0.15, 0.2) is 5.11 Å². The second-order valence-corrected chi connectivity index (χ2v) is 6.91. The summed E-state index contributed by atoms with van der Waals surface area (Å²) in [6, 6.07) is 21.0. The van der Waals surface area contributed by atoms with E-state index >= 15 is 0 Å². The Hall–Kier alpha value is -1.91. The SMILES string of the molecule is CN(C)CCN(CCCc1ccccc1)C(=S)NCc1ccccc1. The minimum atomic E-state index is 0.775. The first-order valence-electron chi connectivity index (χ1n) is 8.90. The summed E-state index contributed by atoms with van der Waals surface area (Å²) in [7, 11) is 4.20. The van der Waals surface area contributed by atoms with Crippen molar-refractivity contribution < 1.29 is 0 Å². The van der Waals surface area contributed by atoms with E-state index in [4.69, 9.17) is 12.2 Å². The van der Waals surface area contributed by atoms with Crippen LogP contribution >= 0.6 is 12.2 Å². The molecule has 0 bridgehead atoms. The van der Waals surface area contributed by atoms with Crippen molar-refractivity contribution in [1.82, 2.24) is 15.1 Å². The van der Waals surface area contributed by atoms with Gasteiger partial charge in [0.05, 0.1) is 0 Å². The number of benzene rings is 2. The van der Waals surface area contributed by atoms with Crippen LogP contribution in [0, 0.1) is 0 Å². The topological polar surface area (TPSA) is 18.5 Å². The van der Waals surface area contributed by atoms with Crippen LogP contribution in [-0.2, 0) is 13.0 Å². The quantitative estimate of drug-likeness (QED) is 0.693. The molecule has 0 amide bonds. The summed E-state index contributed by atoms with van der Waals surface area (Å²) >= 11 is 5.65. The van der Waals surface area contributed by atoms with Crippen LogP contribution in [0.15, 0.2) is 60.7 Å². The number of hydrogen-bond acceptors (Lipinski definition) is 2. The molecular weight excluding hydrogens is 326 g/mol. The van der Waals surface area contributed by atoms with Gasteiger partial charge < -0.3 is 15.1 Å². The molecule has 0 aromatic heterocycles. The lowest BCUT2D eigenvalue weighted by molar-refractivity contribution is 0.324. The predicted molar refractivity (Wildman–Crippen MR) is 111 cm³/mol. The van der Waals surface area contributed by atoms with E-state index in [2.05, 4.69) is 83.8 Å². The Morgan fingerprint density at radius 1 is 0.840 bits per heavy atom. The number of nitrogens with zero attached hydrogens (tertiary/aromatic N) is 2. The van der Waals surface area contributed by atoms with Crippen LogP contribution in [0.2, 0.25) is 0 Å². The summed E-state index contributed by atoms with van der Waals surface area (Å²) in [5, 5.41) is 4.26. The summed E-state index contributed by atoms with van der Waals surface area (Å²) in [4.78, 5) is 4.49. The Morgan fingerprint density at radius 2 is 1.44 bits per heavy atom. The first-order valence-corrected chi connectivity index (χ1v) is 9.31. The Balaban J connectivity index is 1.83.